The number of nitrogens with zero attached hydrogens (tertiary/aromatic N) is 2. The maximum Gasteiger partial charge on any atom is 0.313 e. The molecule has 4 rings (SSSR count). The van der Waals surface area contributed by atoms with Crippen LogP contribution in [0.5, 0.6) is 0 Å². The summed E-state index contributed by atoms with van der Waals surface area (Å²) in [6, 6.07) is 17.5. The van der Waals surface area contributed by atoms with E-state index >= 15 is 0 Å². The van der Waals surface area contributed by atoms with Gasteiger partial charge in [0, 0.05) is 37.4 Å². The molecule has 0 bridgehead atoms. The summed E-state index contributed by atoms with van der Waals surface area (Å²) >= 11 is 0. The lowest BCUT2D eigenvalue weighted by Gasteiger charge is -2.32. The van der Waals surface area contributed by atoms with E-state index in [1.165, 1.54) is 5.56 Å². The molecule has 2 aromatic rings. The van der Waals surface area contributed by atoms with Crippen LogP contribution < -0.4 is 15.5 Å². The normalized spacial score (nSPS) is 17.4. The van der Waals surface area contributed by atoms with Gasteiger partial charge in [-0.3, -0.25) is 19.3 Å². The second kappa shape index (κ2) is 10.4. The van der Waals surface area contributed by atoms with E-state index in [4.69, 9.17) is 0 Å². The molecule has 0 aromatic heterocycles. The molecule has 2 heterocycles. The van der Waals surface area contributed by atoms with Crippen LogP contribution in [0.2, 0.25) is 0 Å². The molecule has 0 atom stereocenters. The number of rotatable bonds is 6. The Morgan fingerprint density at radius 2 is 1.72 bits per heavy atom. The summed E-state index contributed by atoms with van der Waals surface area (Å²) in [5, 5.41) is 5.42. The minimum Gasteiger partial charge on any atom is -0.348 e. The molecule has 2 aliphatic heterocycles. The van der Waals surface area contributed by atoms with Crippen LogP contribution in [-0.2, 0) is 20.9 Å². The number of carbonyl (C=O) groups excluding carboxylic acids is 3. The zero-order valence-corrected chi connectivity index (χ0v) is 18.3. The third-order valence-electron chi connectivity index (χ3n) is 6.20. The van der Waals surface area contributed by atoms with Crippen LogP contribution >= 0.6 is 0 Å². The summed E-state index contributed by atoms with van der Waals surface area (Å²) in [5.41, 5.74) is 2.57. The number of hydrogen-bond donors (Lipinski definition) is 2. The van der Waals surface area contributed by atoms with Crippen LogP contribution in [0.25, 0.3) is 0 Å². The van der Waals surface area contributed by atoms with Crippen molar-refractivity contribution in [1.82, 2.24) is 10.2 Å². The molecule has 7 nitrogen and oxygen atoms in total. The van der Waals surface area contributed by atoms with Crippen LogP contribution in [0.4, 0.5) is 11.4 Å². The number of hydrogen-bond acceptors (Lipinski definition) is 4. The van der Waals surface area contributed by atoms with Gasteiger partial charge in [-0.15, -0.1) is 0 Å². The highest BCUT2D eigenvalue weighted by molar-refractivity contribution is 6.39. The second-order valence-electron chi connectivity index (χ2n) is 8.57. The summed E-state index contributed by atoms with van der Waals surface area (Å²) in [5.74, 6) is -0.847. The number of amides is 3. The monoisotopic (exact) mass is 434 g/mol. The van der Waals surface area contributed by atoms with E-state index in [2.05, 4.69) is 39.8 Å². The molecule has 2 aliphatic rings. The van der Waals surface area contributed by atoms with Gasteiger partial charge < -0.3 is 15.5 Å². The first-order valence-electron chi connectivity index (χ1n) is 11.3. The van der Waals surface area contributed by atoms with Gasteiger partial charge in [-0.2, -0.15) is 0 Å². The summed E-state index contributed by atoms with van der Waals surface area (Å²) in [6.45, 7) is 4.12. The standard InChI is InChI=1S/C25H30N4O3/c30-23-10-5-13-29(23)22-9-4-8-21(16-22)27-25(32)24(31)26-17-19-11-14-28(15-12-19)18-20-6-2-1-3-7-20/h1-4,6-9,16,19H,5,10-15,17-18H2,(H,26,31)(H,27,32). The Morgan fingerprint density at radius 3 is 2.44 bits per heavy atom. The summed E-state index contributed by atoms with van der Waals surface area (Å²) < 4.78 is 0. The maximum absolute atomic E-state index is 12.3. The molecular formula is C25H30N4O3. The van der Waals surface area contributed by atoms with Gasteiger partial charge in [0.2, 0.25) is 5.91 Å². The fourth-order valence-electron chi connectivity index (χ4n) is 4.37. The molecule has 2 aromatic carbocycles. The van der Waals surface area contributed by atoms with Gasteiger partial charge in [-0.05, 0) is 62.0 Å². The van der Waals surface area contributed by atoms with Gasteiger partial charge >= 0.3 is 11.8 Å². The van der Waals surface area contributed by atoms with Crippen molar-refractivity contribution >= 4 is 29.1 Å². The molecule has 2 N–H and O–H groups in total. The quantitative estimate of drug-likeness (QED) is 0.685. The highest BCUT2D eigenvalue weighted by Gasteiger charge is 2.23. The molecule has 0 spiro atoms. The molecule has 7 heteroatoms. The number of nitrogens with one attached hydrogen (secondary N) is 2. The van der Waals surface area contributed by atoms with Crippen molar-refractivity contribution in [2.75, 3.05) is 36.4 Å². The zero-order valence-electron chi connectivity index (χ0n) is 18.3. The number of benzene rings is 2. The maximum atomic E-state index is 12.3. The molecular weight excluding hydrogens is 404 g/mol. The van der Waals surface area contributed by atoms with E-state index in [1.807, 2.05) is 12.1 Å². The van der Waals surface area contributed by atoms with E-state index in [1.54, 1.807) is 23.1 Å². The number of carbonyl (C=O) groups is 3. The highest BCUT2D eigenvalue weighted by atomic mass is 16.2. The molecule has 0 aliphatic carbocycles. The van der Waals surface area contributed by atoms with Crippen molar-refractivity contribution in [1.29, 1.82) is 0 Å². The fraction of sp³-hybridized carbons (Fsp3) is 0.400. The third-order valence-corrected chi connectivity index (χ3v) is 6.20. The van der Waals surface area contributed by atoms with Crippen LogP contribution in [0, 0.1) is 5.92 Å². The Kier molecular flexibility index (Phi) is 7.17. The Labute approximate surface area is 188 Å². The predicted molar refractivity (Wildman–Crippen MR) is 124 cm³/mol. The Hall–Kier alpha value is -3.19. The zero-order chi connectivity index (χ0) is 22.3. The van der Waals surface area contributed by atoms with Crippen LogP contribution in [0.1, 0.15) is 31.2 Å². The fourth-order valence-corrected chi connectivity index (χ4v) is 4.37. The third kappa shape index (κ3) is 5.73. The molecule has 0 saturated carbocycles. The van der Waals surface area contributed by atoms with Gasteiger partial charge in [-0.1, -0.05) is 36.4 Å². The molecule has 32 heavy (non-hydrogen) atoms. The molecule has 3 amide bonds. The van der Waals surface area contributed by atoms with E-state index in [9.17, 15) is 14.4 Å². The Bertz CT molecular complexity index is 955. The first-order valence-corrected chi connectivity index (χ1v) is 11.3. The predicted octanol–water partition coefficient (Wildman–Crippen LogP) is 2.78. The molecule has 0 radical (unpaired) electrons. The second-order valence-corrected chi connectivity index (χ2v) is 8.57. The lowest BCUT2D eigenvalue weighted by molar-refractivity contribution is -0.136. The molecule has 0 unspecified atom stereocenters. The van der Waals surface area contributed by atoms with Crippen LogP contribution in [0.15, 0.2) is 54.6 Å². The van der Waals surface area contributed by atoms with Gasteiger partial charge in [0.15, 0.2) is 0 Å². The molecule has 2 saturated heterocycles. The Morgan fingerprint density at radius 1 is 0.938 bits per heavy atom. The molecule has 2 fully saturated rings. The van der Waals surface area contributed by atoms with Gasteiger partial charge in [0.05, 0.1) is 0 Å². The van der Waals surface area contributed by atoms with Crippen molar-refractivity contribution in [2.45, 2.75) is 32.2 Å². The van der Waals surface area contributed by atoms with Gasteiger partial charge in [0.25, 0.3) is 0 Å². The van der Waals surface area contributed by atoms with E-state index in [0.29, 0.717) is 31.1 Å². The Balaban J connectivity index is 1.20. The van der Waals surface area contributed by atoms with Crippen LogP contribution in [-0.4, -0.2) is 48.8 Å². The largest absolute Gasteiger partial charge is 0.348 e. The minimum atomic E-state index is -0.684. The van der Waals surface area contributed by atoms with Crippen molar-refractivity contribution in [2.24, 2.45) is 5.92 Å². The smallest absolute Gasteiger partial charge is 0.313 e. The van der Waals surface area contributed by atoms with Gasteiger partial charge in [-0.25, -0.2) is 0 Å². The van der Waals surface area contributed by atoms with Crippen molar-refractivity contribution in [3.8, 4) is 0 Å². The summed E-state index contributed by atoms with van der Waals surface area (Å²) in [4.78, 5) is 40.7. The van der Waals surface area contributed by atoms with E-state index in [-0.39, 0.29) is 5.91 Å². The van der Waals surface area contributed by atoms with Gasteiger partial charge in [0.1, 0.15) is 0 Å². The SMILES string of the molecule is O=C(NCC1CCN(Cc2ccccc2)CC1)C(=O)Nc1cccc(N2CCCC2=O)c1. The average molecular weight is 435 g/mol. The lowest BCUT2D eigenvalue weighted by atomic mass is 9.96. The van der Waals surface area contributed by atoms with E-state index < -0.39 is 11.8 Å². The molecule has 168 valence electrons. The summed E-state index contributed by atoms with van der Waals surface area (Å²) in [6.07, 6.45) is 3.38. The highest BCUT2D eigenvalue weighted by Crippen LogP contribution is 2.24. The minimum absolute atomic E-state index is 0.0843. The average Bonchev–Trinajstić information content (AvgIpc) is 3.25. The number of piperidine rings is 1. The lowest BCUT2D eigenvalue weighted by Crippen LogP contribution is -2.41. The first-order chi connectivity index (χ1) is 15.6. The first kappa shape index (κ1) is 22.0. The topological polar surface area (TPSA) is 81.8 Å². The van der Waals surface area contributed by atoms with Crippen molar-refractivity contribution in [3.63, 3.8) is 0 Å². The van der Waals surface area contributed by atoms with E-state index in [0.717, 1.165) is 44.6 Å². The van der Waals surface area contributed by atoms with Crippen molar-refractivity contribution in [3.05, 3.63) is 60.2 Å². The van der Waals surface area contributed by atoms with Crippen molar-refractivity contribution < 1.29 is 14.4 Å². The van der Waals surface area contributed by atoms with Crippen LogP contribution in [0.3, 0.4) is 0 Å². The number of anilines is 2. The summed E-state index contributed by atoms with van der Waals surface area (Å²) in [7, 11) is 0. The number of likely N-dealkylation sites (tertiary alicyclic amines) is 1.